The summed E-state index contributed by atoms with van der Waals surface area (Å²) in [5.41, 5.74) is 0. The molecular formula is C14H28O3. The van der Waals surface area contributed by atoms with Gasteiger partial charge in [0.2, 0.25) is 0 Å². The molecule has 1 rings (SSSR count). The maximum absolute atomic E-state index is 9.90. The molecule has 102 valence electrons. The topological polar surface area (TPSA) is 38.7 Å². The van der Waals surface area contributed by atoms with Gasteiger partial charge >= 0.3 is 0 Å². The fourth-order valence-corrected chi connectivity index (χ4v) is 2.53. The molecule has 0 saturated heterocycles. The molecule has 3 unspecified atom stereocenters. The lowest BCUT2D eigenvalue weighted by molar-refractivity contribution is -0.0890. The standard InChI is InChI=1S/C14H28O3/c1-4-5-12-6-7-13(15)14(10-12)17-9-8-16-11(2)3/h11-15H,4-10H2,1-3H3. The van der Waals surface area contributed by atoms with Crippen LogP contribution < -0.4 is 0 Å². The monoisotopic (exact) mass is 244 g/mol. The Balaban J connectivity index is 2.20. The first-order chi connectivity index (χ1) is 8.13. The van der Waals surface area contributed by atoms with E-state index in [1.54, 1.807) is 0 Å². The third-order valence-electron chi connectivity index (χ3n) is 3.43. The molecule has 1 aliphatic carbocycles. The van der Waals surface area contributed by atoms with E-state index in [1.165, 1.54) is 12.8 Å². The predicted molar refractivity (Wildman–Crippen MR) is 69.1 cm³/mol. The number of aliphatic hydroxyl groups excluding tert-OH is 1. The van der Waals surface area contributed by atoms with Crippen LogP contribution in [0.5, 0.6) is 0 Å². The van der Waals surface area contributed by atoms with Crippen molar-refractivity contribution in [1.82, 2.24) is 0 Å². The van der Waals surface area contributed by atoms with E-state index in [0.29, 0.717) is 13.2 Å². The Morgan fingerprint density at radius 2 is 2.00 bits per heavy atom. The lowest BCUT2D eigenvalue weighted by atomic mass is 9.83. The highest BCUT2D eigenvalue weighted by Crippen LogP contribution is 2.29. The van der Waals surface area contributed by atoms with Crippen LogP contribution in [-0.4, -0.2) is 36.6 Å². The van der Waals surface area contributed by atoms with Crippen molar-refractivity contribution < 1.29 is 14.6 Å². The zero-order chi connectivity index (χ0) is 12.7. The molecule has 0 aliphatic heterocycles. The SMILES string of the molecule is CCCC1CCC(O)C(OCCOC(C)C)C1. The largest absolute Gasteiger partial charge is 0.390 e. The maximum atomic E-state index is 9.90. The van der Waals surface area contributed by atoms with Crippen LogP contribution >= 0.6 is 0 Å². The zero-order valence-corrected chi connectivity index (χ0v) is 11.5. The first-order valence-corrected chi connectivity index (χ1v) is 7.04. The minimum absolute atomic E-state index is 0.0241. The summed E-state index contributed by atoms with van der Waals surface area (Å²) in [7, 11) is 0. The van der Waals surface area contributed by atoms with E-state index in [-0.39, 0.29) is 18.3 Å². The van der Waals surface area contributed by atoms with Gasteiger partial charge in [-0.2, -0.15) is 0 Å². The van der Waals surface area contributed by atoms with Crippen molar-refractivity contribution in [2.75, 3.05) is 13.2 Å². The van der Waals surface area contributed by atoms with Crippen molar-refractivity contribution in [2.45, 2.75) is 71.2 Å². The van der Waals surface area contributed by atoms with Gasteiger partial charge in [0.15, 0.2) is 0 Å². The molecule has 0 spiro atoms. The summed E-state index contributed by atoms with van der Waals surface area (Å²) >= 11 is 0. The highest BCUT2D eigenvalue weighted by Gasteiger charge is 2.29. The van der Waals surface area contributed by atoms with Crippen LogP contribution in [0.4, 0.5) is 0 Å². The van der Waals surface area contributed by atoms with Gasteiger partial charge < -0.3 is 14.6 Å². The molecular weight excluding hydrogens is 216 g/mol. The molecule has 1 N–H and O–H groups in total. The number of hydrogen-bond donors (Lipinski definition) is 1. The van der Waals surface area contributed by atoms with Gasteiger partial charge in [-0.15, -0.1) is 0 Å². The summed E-state index contributed by atoms with van der Waals surface area (Å²) in [6.45, 7) is 7.48. The van der Waals surface area contributed by atoms with Gasteiger partial charge in [-0.25, -0.2) is 0 Å². The van der Waals surface area contributed by atoms with Gasteiger partial charge in [-0.05, 0) is 39.0 Å². The molecule has 0 amide bonds. The first-order valence-electron chi connectivity index (χ1n) is 7.04. The second-order valence-electron chi connectivity index (χ2n) is 5.36. The molecule has 17 heavy (non-hydrogen) atoms. The molecule has 0 aromatic carbocycles. The van der Waals surface area contributed by atoms with E-state index in [9.17, 15) is 5.11 Å². The molecule has 0 aromatic heterocycles. The van der Waals surface area contributed by atoms with Crippen LogP contribution in [0.25, 0.3) is 0 Å². The first kappa shape index (κ1) is 14.9. The summed E-state index contributed by atoms with van der Waals surface area (Å²) in [6, 6.07) is 0. The predicted octanol–water partition coefficient (Wildman–Crippen LogP) is 2.76. The van der Waals surface area contributed by atoms with Crippen molar-refractivity contribution in [1.29, 1.82) is 0 Å². The van der Waals surface area contributed by atoms with Gasteiger partial charge in [-0.3, -0.25) is 0 Å². The third kappa shape index (κ3) is 5.84. The van der Waals surface area contributed by atoms with Gasteiger partial charge in [-0.1, -0.05) is 19.8 Å². The fraction of sp³-hybridized carbons (Fsp3) is 1.00. The van der Waals surface area contributed by atoms with Gasteiger partial charge in [0.1, 0.15) is 0 Å². The summed E-state index contributed by atoms with van der Waals surface area (Å²) in [5.74, 6) is 0.736. The fourth-order valence-electron chi connectivity index (χ4n) is 2.53. The molecule has 0 aromatic rings. The normalized spacial score (nSPS) is 29.8. The van der Waals surface area contributed by atoms with Gasteiger partial charge in [0.25, 0.3) is 0 Å². The number of hydrogen-bond acceptors (Lipinski definition) is 3. The van der Waals surface area contributed by atoms with Crippen molar-refractivity contribution in [3.05, 3.63) is 0 Å². The molecule has 0 radical (unpaired) electrons. The Bertz CT molecular complexity index is 194. The van der Waals surface area contributed by atoms with Crippen LogP contribution in [0.3, 0.4) is 0 Å². The molecule has 3 heteroatoms. The van der Waals surface area contributed by atoms with Crippen LogP contribution in [0, 0.1) is 5.92 Å². The molecule has 3 nitrogen and oxygen atoms in total. The third-order valence-corrected chi connectivity index (χ3v) is 3.43. The highest BCUT2D eigenvalue weighted by atomic mass is 16.5. The Morgan fingerprint density at radius 1 is 1.24 bits per heavy atom. The molecule has 0 bridgehead atoms. The number of aliphatic hydroxyl groups is 1. The van der Waals surface area contributed by atoms with E-state index >= 15 is 0 Å². The quantitative estimate of drug-likeness (QED) is 0.700. The molecule has 1 saturated carbocycles. The summed E-state index contributed by atoms with van der Waals surface area (Å²) in [6.07, 6.45) is 5.54. The Kier molecular flexibility index (Phi) is 7.09. The molecule has 1 fully saturated rings. The van der Waals surface area contributed by atoms with E-state index < -0.39 is 0 Å². The maximum Gasteiger partial charge on any atom is 0.0837 e. The zero-order valence-electron chi connectivity index (χ0n) is 11.5. The van der Waals surface area contributed by atoms with E-state index in [0.717, 1.165) is 25.2 Å². The average Bonchev–Trinajstić information content (AvgIpc) is 2.28. The van der Waals surface area contributed by atoms with Crippen LogP contribution in [0.2, 0.25) is 0 Å². The van der Waals surface area contributed by atoms with E-state index in [1.807, 2.05) is 13.8 Å². The smallest absolute Gasteiger partial charge is 0.0837 e. The minimum atomic E-state index is -0.276. The molecule has 1 aliphatic rings. The number of rotatable bonds is 7. The average molecular weight is 244 g/mol. The van der Waals surface area contributed by atoms with Gasteiger partial charge in [0.05, 0.1) is 31.5 Å². The summed E-state index contributed by atoms with van der Waals surface area (Å²) in [4.78, 5) is 0. The van der Waals surface area contributed by atoms with E-state index in [2.05, 4.69) is 6.92 Å². The minimum Gasteiger partial charge on any atom is -0.390 e. The Morgan fingerprint density at radius 3 is 2.65 bits per heavy atom. The Hall–Kier alpha value is -0.120. The van der Waals surface area contributed by atoms with Crippen LogP contribution in [0.15, 0.2) is 0 Å². The summed E-state index contributed by atoms with van der Waals surface area (Å²) in [5, 5.41) is 9.90. The second kappa shape index (κ2) is 8.06. The lowest BCUT2D eigenvalue weighted by Crippen LogP contribution is -2.36. The van der Waals surface area contributed by atoms with Crippen LogP contribution in [0.1, 0.15) is 52.9 Å². The van der Waals surface area contributed by atoms with Crippen molar-refractivity contribution in [3.8, 4) is 0 Å². The Labute approximate surface area is 105 Å². The molecule has 3 atom stereocenters. The second-order valence-corrected chi connectivity index (χ2v) is 5.36. The van der Waals surface area contributed by atoms with Crippen molar-refractivity contribution >= 4 is 0 Å². The van der Waals surface area contributed by atoms with Crippen LogP contribution in [-0.2, 0) is 9.47 Å². The van der Waals surface area contributed by atoms with Crippen molar-refractivity contribution in [3.63, 3.8) is 0 Å². The number of ether oxygens (including phenoxy) is 2. The lowest BCUT2D eigenvalue weighted by Gasteiger charge is -2.33. The highest BCUT2D eigenvalue weighted by molar-refractivity contribution is 4.80. The van der Waals surface area contributed by atoms with E-state index in [4.69, 9.17) is 9.47 Å². The molecule has 0 heterocycles. The van der Waals surface area contributed by atoms with Gasteiger partial charge in [0, 0.05) is 0 Å². The summed E-state index contributed by atoms with van der Waals surface area (Å²) < 4.78 is 11.2. The van der Waals surface area contributed by atoms with Crippen molar-refractivity contribution in [2.24, 2.45) is 5.92 Å².